The van der Waals surface area contributed by atoms with Crippen LogP contribution in [0.15, 0.2) is 77.7 Å². The Morgan fingerprint density at radius 1 is 1.00 bits per heavy atom. The monoisotopic (exact) mass is 420 g/mol. The molecule has 1 heterocycles. The van der Waals surface area contributed by atoms with Gasteiger partial charge in [0, 0.05) is 19.2 Å². The summed E-state index contributed by atoms with van der Waals surface area (Å²) >= 11 is 0. The second-order valence-corrected chi connectivity index (χ2v) is 9.41. The van der Waals surface area contributed by atoms with Gasteiger partial charge in [-0.25, -0.2) is 8.42 Å². The Bertz CT molecular complexity index is 1190. The molecule has 6 heteroatoms. The van der Waals surface area contributed by atoms with Crippen LogP contribution in [0.4, 0.5) is 11.4 Å². The van der Waals surface area contributed by atoms with E-state index in [0.29, 0.717) is 18.7 Å². The van der Waals surface area contributed by atoms with Gasteiger partial charge in [0.15, 0.2) is 0 Å². The van der Waals surface area contributed by atoms with Crippen LogP contribution in [0.1, 0.15) is 23.6 Å². The number of carbonyl (C=O) groups excluding carboxylic acids is 1. The number of aryl methyl sites for hydroxylation is 1. The van der Waals surface area contributed by atoms with Gasteiger partial charge < -0.3 is 4.90 Å². The van der Waals surface area contributed by atoms with E-state index in [9.17, 15) is 13.2 Å². The molecule has 0 N–H and O–H groups in total. The minimum Gasteiger partial charge on any atom is -0.312 e. The zero-order chi connectivity index (χ0) is 21.3. The van der Waals surface area contributed by atoms with Gasteiger partial charge in [0.25, 0.3) is 10.0 Å². The van der Waals surface area contributed by atoms with E-state index in [1.165, 1.54) is 11.2 Å². The molecule has 0 spiro atoms. The van der Waals surface area contributed by atoms with E-state index >= 15 is 0 Å². The number of hydrogen-bond acceptors (Lipinski definition) is 3. The van der Waals surface area contributed by atoms with Gasteiger partial charge in [-0.3, -0.25) is 9.10 Å². The molecular formula is C24H24N2O3S. The third-order valence-electron chi connectivity index (χ3n) is 5.37. The van der Waals surface area contributed by atoms with Crippen LogP contribution < -0.4 is 9.21 Å². The van der Waals surface area contributed by atoms with Crippen LogP contribution in [-0.4, -0.2) is 20.9 Å². The normalized spacial score (nSPS) is 13.2. The average Bonchev–Trinajstić information content (AvgIpc) is 3.16. The summed E-state index contributed by atoms with van der Waals surface area (Å²) in [5, 5.41) is 0. The summed E-state index contributed by atoms with van der Waals surface area (Å²) in [5.41, 5.74) is 4.21. The molecule has 0 aliphatic carbocycles. The molecule has 0 aromatic heterocycles. The summed E-state index contributed by atoms with van der Waals surface area (Å²) in [6.07, 6.45) is 0.654. The molecule has 4 rings (SSSR count). The topological polar surface area (TPSA) is 57.7 Å². The van der Waals surface area contributed by atoms with Crippen LogP contribution in [-0.2, 0) is 27.8 Å². The second kappa shape index (κ2) is 7.95. The maximum atomic E-state index is 13.7. The molecule has 0 saturated heterocycles. The molecule has 0 fully saturated rings. The lowest BCUT2D eigenvalue weighted by atomic mass is 10.2. The van der Waals surface area contributed by atoms with E-state index < -0.39 is 10.0 Å². The molecule has 30 heavy (non-hydrogen) atoms. The van der Waals surface area contributed by atoms with E-state index in [-0.39, 0.29) is 17.3 Å². The number of rotatable bonds is 5. The largest absolute Gasteiger partial charge is 0.312 e. The van der Waals surface area contributed by atoms with Crippen LogP contribution in [0, 0.1) is 6.92 Å². The van der Waals surface area contributed by atoms with Gasteiger partial charge in [0.2, 0.25) is 5.91 Å². The Balaban J connectivity index is 1.77. The molecule has 1 aliphatic rings. The summed E-state index contributed by atoms with van der Waals surface area (Å²) in [7, 11) is -3.80. The maximum Gasteiger partial charge on any atom is 0.264 e. The molecule has 0 unspecified atom stereocenters. The third-order valence-corrected chi connectivity index (χ3v) is 7.14. The zero-order valence-electron chi connectivity index (χ0n) is 17.1. The van der Waals surface area contributed by atoms with Crippen molar-refractivity contribution >= 4 is 27.3 Å². The number of amides is 1. The number of hydrogen-bond donors (Lipinski definition) is 0. The lowest BCUT2D eigenvalue weighted by molar-refractivity contribution is -0.116. The lowest BCUT2D eigenvalue weighted by Crippen LogP contribution is -2.30. The van der Waals surface area contributed by atoms with E-state index in [1.807, 2.05) is 61.5 Å². The molecule has 5 nitrogen and oxygen atoms in total. The molecule has 0 saturated carbocycles. The Kier molecular flexibility index (Phi) is 5.35. The summed E-state index contributed by atoms with van der Waals surface area (Å²) < 4.78 is 28.9. The molecule has 0 bridgehead atoms. The summed E-state index contributed by atoms with van der Waals surface area (Å²) in [6, 6.07) is 22.1. The standard InChI is InChI=1S/C24H24N2O3S/c1-18-7-6-10-22(15-18)26(17-20-8-4-3-5-9-20)30(28,29)23-11-12-24-21(16-23)13-14-25(24)19(2)27/h3-12,15-16H,13-14,17H2,1-2H3. The van der Waals surface area contributed by atoms with Gasteiger partial charge in [-0.1, -0.05) is 42.5 Å². The number of anilines is 2. The molecule has 154 valence electrons. The van der Waals surface area contributed by atoms with Crippen LogP contribution in [0.5, 0.6) is 0 Å². The highest BCUT2D eigenvalue weighted by atomic mass is 32.2. The van der Waals surface area contributed by atoms with Gasteiger partial charge in [-0.2, -0.15) is 0 Å². The fraction of sp³-hybridized carbons (Fsp3) is 0.208. The Morgan fingerprint density at radius 3 is 2.47 bits per heavy atom. The van der Waals surface area contributed by atoms with Crippen molar-refractivity contribution in [1.82, 2.24) is 0 Å². The highest BCUT2D eigenvalue weighted by Gasteiger charge is 2.29. The number of fused-ring (bicyclic) bond motifs is 1. The Hall–Kier alpha value is -3.12. The second-order valence-electron chi connectivity index (χ2n) is 7.55. The number of sulfonamides is 1. The van der Waals surface area contributed by atoms with Crippen molar-refractivity contribution in [1.29, 1.82) is 0 Å². The summed E-state index contributed by atoms with van der Waals surface area (Å²) in [6.45, 7) is 4.30. The van der Waals surface area contributed by atoms with Crippen molar-refractivity contribution in [3.8, 4) is 0 Å². The van der Waals surface area contributed by atoms with E-state index in [4.69, 9.17) is 0 Å². The molecule has 0 atom stereocenters. The number of nitrogens with zero attached hydrogens (tertiary/aromatic N) is 2. The van der Waals surface area contributed by atoms with E-state index in [1.54, 1.807) is 23.1 Å². The number of benzene rings is 3. The maximum absolute atomic E-state index is 13.7. The molecule has 3 aromatic rings. The Morgan fingerprint density at radius 2 is 1.77 bits per heavy atom. The van der Waals surface area contributed by atoms with Crippen LogP contribution >= 0.6 is 0 Å². The van der Waals surface area contributed by atoms with Crippen molar-refractivity contribution in [2.24, 2.45) is 0 Å². The SMILES string of the molecule is CC(=O)N1CCc2cc(S(=O)(=O)N(Cc3ccccc3)c3cccc(C)c3)ccc21. The van der Waals surface area contributed by atoms with Crippen molar-refractivity contribution in [2.75, 3.05) is 15.7 Å². The first-order valence-electron chi connectivity index (χ1n) is 9.90. The van der Waals surface area contributed by atoms with Crippen molar-refractivity contribution < 1.29 is 13.2 Å². The van der Waals surface area contributed by atoms with Gasteiger partial charge in [0.1, 0.15) is 0 Å². The van der Waals surface area contributed by atoms with Crippen LogP contribution in [0.2, 0.25) is 0 Å². The Labute approximate surface area is 177 Å². The quantitative estimate of drug-likeness (QED) is 0.618. The first kappa shape index (κ1) is 20.2. The molecule has 1 amide bonds. The summed E-state index contributed by atoms with van der Waals surface area (Å²) in [4.78, 5) is 13.7. The lowest BCUT2D eigenvalue weighted by Gasteiger charge is -2.25. The van der Waals surface area contributed by atoms with Gasteiger partial charge in [-0.05, 0) is 60.4 Å². The molecule has 3 aromatic carbocycles. The highest BCUT2D eigenvalue weighted by molar-refractivity contribution is 7.92. The smallest absolute Gasteiger partial charge is 0.264 e. The fourth-order valence-corrected chi connectivity index (χ4v) is 5.34. The first-order valence-corrected chi connectivity index (χ1v) is 11.3. The minimum atomic E-state index is -3.80. The molecular weight excluding hydrogens is 396 g/mol. The van der Waals surface area contributed by atoms with Crippen molar-refractivity contribution in [2.45, 2.75) is 31.7 Å². The fourth-order valence-electron chi connectivity index (χ4n) is 3.84. The van der Waals surface area contributed by atoms with Crippen LogP contribution in [0.25, 0.3) is 0 Å². The van der Waals surface area contributed by atoms with E-state index in [0.717, 1.165) is 22.4 Å². The predicted octanol–water partition coefficient (Wildman–Crippen LogP) is 4.30. The van der Waals surface area contributed by atoms with Gasteiger partial charge in [-0.15, -0.1) is 0 Å². The van der Waals surface area contributed by atoms with Crippen LogP contribution in [0.3, 0.4) is 0 Å². The van der Waals surface area contributed by atoms with E-state index in [2.05, 4.69) is 0 Å². The average molecular weight is 421 g/mol. The van der Waals surface area contributed by atoms with Crippen molar-refractivity contribution in [3.05, 3.63) is 89.5 Å². The highest BCUT2D eigenvalue weighted by Crippen LogP contribution is 2.33. The van der Waals surface area contributed by atoms with Gasteiger partial charge in [0.05, 0.1) is 17.1 Å². The predicted molar refractivity (Wildman–Crippen MR) is 119 cm³/mol. The third kappa shape index (κ3) is 3.83. The molecule has 0 radical (unpaired) electrons. The number of carbonyl (C=O) groups is 1. The zero-order valence-corrected chi connectivity index (χ0v) is 17.9. The minimum absolute atomic E-state index is 0.0326. The molecule has 1 aliphatic heterocycles. The van der Waals surface area contributed by atoms with Crippen molar-refractivity contribution in [3.63, 3.8) is 0 Å². The summed E-state index contributed by atoms with van der Waals surface area (Å²) in [5.74, 6) is -0.0326. The first-order chi connectivity index (χ1) is 14.4. The van der Waals surface area contributed by atoms with Gasteiger partial charge >= 0.3 is 0 Å².